The van der Waals surface area contributed by atoms with Crippen molar-refractivity contribution in [1.82, 2.24) is 0 Å². The summed E-state index contributed by atoms with van der Waals surface area (Å²) in [5.41, 5.74) is 0. The first kappa shape index (κ1) is 75.2. The van der Waals surface area contributed by atoms with Crippen molar-refractivity contribution in [2.45, 2.75) is 110 Å². The molecule has 76 heavy (non-hydrogen) atoms. The molecule has 0 atom stereocenters. The van der Waals surface area contributed by atoms with Crippen LogP contribution in [0.1, 0.15) is 110 Å². The summed E-state index contributed by atoms with van der Waals surface area (Å²) in [5, 5.41) is 8.11. The predicted molar refractivity (Wildman–Crippen MR) is 289 cm³/mol. The number of unbranched alkanes of at least 4 members (excludes halogenated alkanes) is 15. The highest BCUT2D eigenvalue weighted by molar-refractivity contribution is 4.51. The van der Waals surface area contributed by atoms with E-state index in [9.17, 15) is 0 Å². The van der Waals surface area contributed by atoms with Gasteiger partial charge in [-0.05, 0) is 6.42 Å². The summed E-state index contributed by atoms with van der Waals surface area (Å²) in [7, 11) is 0. The SMILES string of the molecule is CCCCCCCCCCCCCCCCCCOCCOCCOCCOCCOCCOCCOCCOCCOCCOCCOCCOCCOCCOCCOCCOCCOCCOCCOCOO. The fourth-order valence-electron chi connectivity index (χ4n) is 6.81. The normalized spacial score (nSPS) is 11.8. The summed E-state index contributed by atoms with van der Waals surface area (Å²) in [6, 6.07) is 0. The Balaban J connectivity index is 3.07. The Morgan fingerprint density at radius 2 is 0.289 bits per heavy atom. The van der Waals surface area contributed by atoms with E-state index in [1.165, 1.54) is 96.3 Å². The maximum atomic E-state index is 8.11. The van der Waals surface area contributed by atoms with Crippen LogP contribution in [0.25, 0.3) is 0 Å². The van der Waals surface area contributed by atoms with Crippen LogP contribution in [0.5, 0.6) is 0 Å². The second-order valence-corrected chi connectivity index (χ2v) is 17.5. The lowest BCUT2D eigenvalue weighted by molar-refractivity contribution is -0.297. The molecule has 0 heterocycles. The minimum atomic E-state index is -0.169. The molecule has 0 spiro atoms. The molecule has 0 aliphatic rings. The zero-order chi connectivity index (χ0) is 54.3. The molecule has 0 aliphatic heterocycles. The van der Waals surface area contributed by atoms with Crippen molar-refractivity contribution in [2.24, 2.45) is 0 Å². The van der Waals surface area contributed by atoms with Gasteiger partial charge < -0.3 is 90.0 Å². The lowest BCUT2D eigenvalue weighted by atomic mass is 10.0. The van der Waals surface area contributed by atoms with Crippen molar-refractivity contribution in [2.75, 3.05) is 251 Å². The Morgan fingerprint density at radius 1 is 0.158 bits per heavy atom. The lowest BCUT2D eigenvalue weighted by Crippen LogP contribution is -2.16. The van der Waals surface area contributed by atoms with Gasteiger partial charge in [-0.25, -0.2) is 10.1 Å². The first-order valence-electron chi connectivity index (χ1n) is 29.1. The van der Waals surface area contributed by atoms with Crippen LogP contribution in [0.4, 0.5) is 0 Å². The average molecular weight is 1110 g/mol. The van der Waals surface area contributed by atoms with Crippen molar-refractivity contribution in [3.05, 3.63) is 0 Å². The molecule has 0 unspecified atom stereocenters. The van der Waals surface area contributed by atoms with Crippen molar-refractivity contribution >= 4 is 0 Å². The Hall–Kier alpha value is -0.840. The molecule has 0 rings (SSSR count). The summed E-state index contributed by atoms with van der Waals surface area (Å²) in [6.07, 6.45) is 22.1. The summed E-state index contributed by atoms with van der Waals surface area (Å²) in [5.74, 6) is 0. The molecule has 1 N–H and O–H groups in total. The zero-order valence-corrected chi connectivity index (χ0v) is 47.8. The number of hydrogen-bond acceptors (Lipinski definition) is 21. The van der Waals surface area contributed by atoms with Gasteiger partial charge in [0.2, 0.25) is 0 Å². The summed E-state index contributed by atoms with van der Waals surface area (Å²) < 4.78 is 104. The Kier molecular flexibility index (Phi) is 73.3. The summed E-state index contributed by atoms with van der Waals surface area (Å²) >= 11 is 0. The van der Waals surface area contributed by atoms with Gasteiger partial charge in [-0.3, -0.25) is 0 Å². The first-order valence-corrected chi connectivity index (χ1v) is 29.1. The fourth-order valence-corrected chi connectivity index (χ4v) is 6.81. The molecule has 0 saturated heterocycles. The third-order valence-electron chi connectivity index (χ3n) is 11.0. The second-order valence-electron chi connectivity index (χ2n) is 17.5. The quantitative estimate of drug-likeness (QED) is 0.0281. The highest BCUT2D eigenvalue weighted by atomic mass is 17.1. The second kappa shape index (κ2) is 74.2. The lowest BCUT2D eigenvalue weighted by Gasteiger charge is -2.09. The first-order chi connectivity index (χ1) is 37.9. The van der Waals surface area contributed by atoms with E-state index in [2.05, 4.69) is 11.8 Å². The van der Waals surface area contributed by atoms with Crippen molar-refractivity contribution < 1.29 is 100 Å². The molecule has 0 fully saturated rings. The van der Waals surface area contributed by atoms with Crippen LogP contribution < -0.4 is 0 Å². The molecule has 0 radical (unpaired) electrons. The summed E-state index contributed by atoms with van der Waals surface area (Å²) in [6.45, 7) is 20.9. The van der Waals surface area contributed by atoms with E-state index in [4.69, 9.17) is 95.3 Å². The van der Waals surface area contributed by atoms with Crippen LogP contribution in [0.15, 0.2) is 0 Å². The molecule has 0 amide bonds. The summed E-state index contributed by atoms with van der Waals surface area (Å²) in [4.78, 5) is 3.78. The molecular weight excluding hydrogens is 997 g/mol. The molecule has 0 aliphatic carbocycles. The molecule has 21 heteroatoms. The number of hydrogen-bond donors (Lipinski definition) is 1. The van der Waals surface area contributed by atoms with Crippen LogP contribution in [0.2, 0.25) is 0 Å². The predicted octanol–water partition coefficient (Wildman–Crippen LogP) is 7.01. The Bertz CT molecular complexity index is 910. The van der Waals surface area contributed by atoms with E-state index in [-0.39, 0.29) is 6.79 Å². The molecule has 0 aromatic rings. The molecule has 21 nitrogen and oxygen atoms in total. The highest BCUT2D eigenvalue weighted by Gasteiger charge is 2.00. The monoisotopic (exact) mass is 1110 g/mol. The molecule has 458 valence electrons. The molecule has 0 bridgehead atoms. The number of rotatable bonds is 73. The van der Waals surface area contributed by atoms with Crippen LogP contribution in [-0.4, -0.2) is 257 Å². The van der Waals surface area contributed by atoms with E-state index in [0.29, 0.717) is 238 Å². The maximum Gasteiger partial charge on any atom is 0.180 e. The average Bonchev–Trinajstić information content (AvgIpc) is 3.43. The van der Waals surface area contributed by atoms with Gasteiger partial charge >= 0.3 is 0 Å². The van der Waals surface area contributed by atoms with Crippen molar-refractivity contribution in [3.8, 4) is 0 Å². The molecule has 0 saturated carbocycles. The third-order valence-corrected chi connectivity index (χ3v) is 11.0. The standard InChI is InChI=1S/C55H112O21/c1-2-3-4-5-6-7-8-9-10-11-12-13-14-15-16-17-18-57-19-20-58-21-22-59-23-24-60-25-26-61-27-28-62-29-30-63-31-32-64-33-34-65-35-36-66-37-38-67-39-40-68-41-42-69-43-44-70-45-46-71-47-48-72-49-50-73-51-52-74-53-54-75-55-76-56/h56H,2-55H2,1H3. The molecular formula is C55H112O21. The minimum absolute atomic E-state index is 0.169. The van der Waals surface area contributed by atoms with Gasteiger partial charge in [0.15, 0.2) is 6.79 Å². The van der Waals surface area contributed by atoms with Crippen LogP contribution in [0.3, 0.4) is 0 Å². The Morgan fingerprint density at radius 3 is 0.447 bits per heavy atom. The molecule has 0 aromatic carbocycles. The largest absolute Gasteiger partial charge is 0.379 e. The van der Waals surface area contributed by atoms with E-state index in [1.807, 2.05) is 0 Å². The van der Waals surface area contributed by atoms with Gasteiger partial charge in [0.1, 0.15) is 0 Å². The van der Waals surface area contributed by atoms with Gasteiger partial charge in [-0.2, -0.15) is 0 Å². The van der Waals surface area contributed by atoms with E-state index >= 15 is 0 Å². The van der Waals surface area contributed by atoms with Gasteiger partial charge in [0, 0.05) is 6.61 Å². The number of ether oxygens (including phenoxy) is 19. The van der Waals surface area contributed by atoms with E-state index in [0.717, 1.165) is 13.0 Å². The van der Waals surface area contributed by atoms with Crippen LogP contribution in [0, 0.1) is 0 Å². The van der Waals surface area contributed by atoms with Gasteiger partial charge in [0.05, 0.1) is 238 Å². The van der Waals surface area contributed by atoms with Gasteiger partial charge in [-0.15, -0.1) is 0 Å². The van der Waals surface area contributed by atoms with Gasteiger partial charge in [0.25, 0.3) is 0 Å². The van der Waals surface area contributed by atoms with E-state index < -0.39 is 0 Å². The smallest absolute Gasteiger partial charge is 0.180 e. The molecule has 0 aromatic heterocycles. The third kappa shape index (κ3) is 73.2. The topological polar surface area (TPSA) is 205 Å². The van der Waals surface area contributed by atoms with Crippen LogP contribution in [-0.2, 0) is 94.9 Å². The van der Waals surface area contributed by atoms with Crippen LogP contribution >= 0.6 is 0 Å². The Labute approximate surface area is 459 Å². The van der Waals surface area contributed by atoms with Crippen molar-refractivity contribution in [1.29, 1.82) is 0 Å². The zero-order valence-electron chi connectivity index (χ0n) is 47.8. The fraction of sp³-hybridized carbons (Fsp3) is 1.00. The van der Waals surface area contributed by atoms with E-state index in [1.54, 1.807) is 0 Å². The highest BCUT2D eigenvalue weighted by Crippen LogP contribution is 2.14. The van der Waals surface area contributed by atoms with Gasteiger partial charge in [-0.1, -0.05) is 103 Å². The maximum absolute atomic E-state index is 8.11. The minimum Gasteiger partial charge on any atom is -0.379 e. The van der Waals surface area contributed by atoms with Crippen molar-refractivity contribution in [3.63, 3.8) is 0 Å².